The lowest BCUT2D eigenvalue weighted by molar-refractivity contribution is -0.122. The number of carbonyl (C=O) groups is 1. The number of carbonyl (C=O) groups excluding carboxylic acids is 1. The fraction of sp³-hybridized carbons (Fsp3) is 0.462. The summed E-state index contributed by atoms with van der Waals surface area (Å²) in [5.74, 6) is -0.0785. The monoisotopic (exact) mass is 218 g/mol. The van der Waals surface area contributed by atoms with Gasteiger partial charge in [-0.15, -0.1) is 0 Å². The highest BCUT2D eigenvalue weighted by Gasteiger charge is 2.22. The van der Waals surface area contributed by atoms with Crippen LogP contribution in [0, 0.1) is 12.8 Å². The van der Waals surface area contributed by atoms with Crippen LogP contribution in [0.2, 0.25) is 0 Å². The largest absolute Gasteiger partial charge is 0.371 e. The smallest absolute Gasteiger partial charge is 0.220 e. The van der Waals surface area contributed by atoms with Gasteiger partial charge in [-0.2, -0.15) is 0 Å². The van der Waals surface area contributed by atoms with Gasteiger partial charge in [0, 0.05) is 24.7 Å². The van der Waals surface area contributed by atoms with Crippen molar-refractivity contribution < 1.29 is 4.79 Å². The van der Waals surface area contributed by atoms with Crippen molar-refractivity contribution in [2.75, 3.05) is 18.0 Å². The van der Waals surface area contributed by atoms with Gasteiger partial charge < -0.3 is 10.6 Å². The highest BCUT2D eigenvalue weighted by Crippen LogP contribution is 2.23. The lowest BCUT2D eigenvalue weighted by Crippen LogP contribution is -2.38. The highest BCUT2D eigenvalue weighted by atomic mass is 16.1. The number of amides is 1. The van der Waals surface area contributed by atoms with E-state index < -0.39 is 0 Å². The standard InChI is InChI=1S/C13H18N2O/c1-10-2-4-12(5-3-10)15-8-6-11(7-9-15)13(14)16/h2-5,11H,6-9H2,1H3,(H2,14,16). The number of rotatable bonds is 2. The van der Waals surface area contributed by atoms with Gasteiger partial charge in [0.15, 0.2) is 0 Å². The molecule has 0 saturated carbocycles. The number of nitrogens with two attached hydrogens (primary N) is 1. The molecule has 0 atom stereocenters. The van der Waals surface area contributed by atoms with E-state index in [0.717, 1.165) is 25.9 Å². The molecule has 1 amide bonds. The molecule has 0 unspecified atom stereocenters. The molecule has 3 nitrogen and oxygen atoms in total. The minimum absolute atomic E-state index is 0.0710. The summed E-state index contributed by atoms with van der Waals surface area (Å²) in [6.07, 6.45) is 1.76. The molecule has 1 fully saturated rings. The molecular weight excluding hydrogens is 200 g/mol. The Morgan fingerprint density at radius 1 is 1.25 bits per heavy atom. The molecule has 3 heteroatoms. The molecule has 86 valence electrons. The summed E-state index contributed by atoms with van der Waals surface area (Å²) in [5.41, 5.74) is 7.83. The van der Waals surface area contributed by atoms with Crippen LogP contribution in [0.15, 0.2) is 24.3 Å². The molecule has 0 radical (unpaired) electrons. The number of hydrogen-bond acceptors (Lipinski definition) is 2. The lowest BCUT2D eigenvalue weighted by Gasteiger charge is -2.32. The SMILES string of the molecule is Cc1ccc(N2CCC(C(N)=O)CC2)cc1. The van der Waals surface area contributed by atoms with Gasteiger partial charge in [-0.1, -0.05) is 17.7 Å². The number of aryl methyl sites for hydroxylation is 1. The van der Waals surface area contributed by atoms with Crippen LogP contribution in [0.25, 0.3) is 0 Å². The fourth-order valence-corrected chi connectivity index (χ4v) is 2.18. The van der Waals surface area contributed by atoms with E-state index in [4.69, 9.17) is 5.73 Å². The molecular formula is C13H18N2O. The molecule has 16 heavy (non-hydrogen) atoms. The van der Waals surface area contributed by atoms with Crippen LogP contribution in [-0.4, -0.2) is 19.0 Å². The van der Waals surface area contributed by atoms with Crippen LogP contribution in [0.5, 0.6) is 0 Å². The van der Waals surface area contributed by atoms with Crippen molar-refractivity contribution in [2.45, 2.75) is 19.8 Å². The molecule has 1 aromatic carbocycles. The first-order valence-corrected chi connectivity index (χ1v) is 5.78. The predicted molar refractivity (Wildman–Crippen MR) is 65.3 cm³/mol. The first-order chi connectivity index (χ1) is 7.66. The van der Waals surface area contributed by atoms with E-state index in [9.17, 15) is 4.79 Å². The molecule has 0 aliphatic carbocycles. The van der Waals surface area contributed by atoms with Crippen LogP contribution in [-0.2, 0) is 4.79 Å². The maximum Gasteiger partial charge on any atom is 0.220 e. The zero-order valence-corrected chi connectivity index (χ0v) is 9.65. The third-order valence-electron chi connectivity index (χ3n) is 3.30. The van der Waals surface area contributed by atoms with Crippen molar-refractivity contribution in [1.82, 2.24) is 0 Å². The third kappa shape index (κ3) is 2.35. The van der Waals surface area contributed by atoms with Gasteiger partial charge in [0.05, 0.1) is 0 Å². The first kappa shape index (κ1) is 11.0. The molecule has 1 aliphatic heterocycles. The zero-order chi connectivity index (χ0) is 11.5. The molecule has 1 heterocycles. The summed E-state index contributed by atoms with van der Waals surface area (Å²) in [6.45, 7) is 3.94. The van der Waals surface area contributed by atoms with Crippen molar-refractivity contribution in [3.8, 4) is 0 Å². The average Bonchev–Trinajstić information content (AvgIpc) is 2.30. The topological polar surface area (TPSA) is 46.3 Å². The molecule has 0 aromatic heterocycles. The van der Waals surface area contributed by atoms with Crippen LogP contribution < -0.4 is 10.6 Å². The third-order valence-corrected chi connectivity index (χ3v) is 3.30. The number of nitrogens with zero attached hydrogens (tertiary/aromatic N) is 1. The second-order valence-corrected chi connectivity index (χ2v) is 4.50. The normalized spacial score (nSPS) is 17.4. The van der Waals surface area contributed by atoms with Crippen LogP contribution in [0.3, 0.4) is 0 Å². The zero-order valence-electron chi connectivity index (χ0n) is 9.65. The molecule has 0 bridgehead atoms. The van der Waals surface area contributed by atoms with Gasteiger partial charge in [-0.05, 0) is 31.9 Å². The van der Waals surface area contributed by atoms with E-state index in [1.807, 2.05) is 0 Å². The Labute approximate surface area is 96.2 Å². The summed E-state index contributed by atoms with van der Waals surface area (Å²) in [7, 11) is 0. The predicted octanol–water partition coefficient (Wildman–Crippen LogP) is 1.70. The summed E-state index contributed by atoms with van der Waals surface area (Å²) < 4.78 is 0. The van der Waals surface area contributed by atoms with E-state index in [2.05, 4.69) is 36.1 Å². The second kappa shape index (κ2) is 4.56. The molecule has 2 N–H and O–H groups in total. The minimum Gasteiger partial charge on any atom is -0.371 e. The van der Waals surface area contributed by atoms with Crippen molar-refractivity contribution in [3.05, 3.63) is 29.8 Å². The van der Waals surface area contributed by atoms with Gasteiger partial charge in [-0.3, -0.25) is 4.79 Å². The van der Waals surface area contributed by atoms with Crippen molar-refractivity contribution in [2.24, 2.45) is 11.7 Å². The van der Waals surface area contributed by atoms with Crippen molar-refractivity contribution >= 4 is 11.6 Å². The Morgan fingerprint density at radius 2 is 1.81 bits per heavy atom. The highest BCUT2D eigenvalue weighted by molar-refractivity contribution is 5.77. The summed E-state index contributed by atoms with van der Waals surface area (Å²) >= 11 is 0. The van der Waals surface area contributed by atoms with Gasteiger partial charge in [0.25, 0.3) is 0 Å². The Morgan fingerprint density at radius 3 is 2.31 bits per heavy atom. The van der Waals surface area contributed by atoms with Crippen LogP contribution >= 0.6 is 0 Å². The first-order valence-electron chi connectivity index (χ1n) is 5.78. The lowest BCUT2D eigenvalue weighted by atomic mass is 9.96. The Bertz CT molecular complexity index is 364. The van der Waals surface area contributed by atoms with E-state index in [0.29, 0.717) is 0 Å². The van der Waals surface area contributed by atoms with Crippen molar-refractivity contribution in [3.63, 3.8) is 0 Å². The number of hydrogen-bond donors (Lipinski definition) is 1. The average molecular weight is 218 g/mol. The Balaban J connectivity index is 1.99. The van der Waals surface area contributed by atoms with E-state index in [-0.39, 0.29) is 11.8 Å². The summed E-state index contributed by atoms with van der Waals surface area (Å²) in [4.78, 5) is 13.4. The molecule has 1 aliphatic rings. The maximum absolute atomic E-state index is 11.0. The van der Waals surface area contributed by atoms with E-state index in [1.54, 1.807) is 0 Å². The number of anilines is 1. The molecule has 1 aromatic rings. The van der Waals surface area contributed by atoms with Gasteiger partial charge >= 0.3 is 0 Å². The number of benzene rings is 1. The quantitative estimate of drug-likeness (QED) is 0.821. The van der Waals surface area contributed by atoms with E-state index >= 15 is 0 Å². The summed E-state index contributed by atoms with van der Waals surface area (Å²) in [5, 5.41) is 0. The van der Waals surface area contributed by atoms with E-state index in [1.165, 1.54) is 11.3 Å². The fourth-order valence-electron chi connectivity index (χ4n) is 2.18. The molecule has 0 spiro atoms. The number of primary amides is 1. The number of piperidine rings is 1. The van der Waals surface area contributed by atoms with Crippen molar-refractivity contribution in [1.29, 1.82) is 0 Å². The summed E-state index contributed by atoms with van der Waals surface area (Å²) in [6, 6.07) is 8.52. The molecule has 1 saturated heterocycles. The van der Waals surface area contributed by atoms with Gasteiger partial charge in [0.2, 0.25) is 5.91 Å². The van der Waals surface area contributed by atoms with Gasteiger partial charge in [0.1, 0.15) is 0 Å². The second-order valence-electron chi connectivity index (χ2n) is 4.50. The van der Waals surface area contributed by atoms with Crippen LogP contribution in [0.1, 0.15) is 18.4 Å². The molecule has 2 rings (SSSR count). The minimum atomic E-state index is -0.149. The Hall–Kier alpha value is -1.51. The maximum atomic E-state index is 11.0. The Kier molecular flexibility index (Phi) is 3.13. The van der Waals surface area contributed by atoms with Crippen LogP contribution in [0.4, 0.5) is 5.69 Å². The van der Waals surface area contributed by atoms with Gasteiger partial charge in [-0.25, -0.2) is 0 Å².